The van der Waals surface area contributed by atoms with E-state index in [0.29, 0.717) is 43.3 Å². The number of benzene rings is 1. The summed E-state index contributed by atoms with van der Waals surface area (Å²) in [6.45, 7) is 5.30. The second kappa shape index (κ2) is 8.44. The first-order chi connectivity index (χ1) is 14.1. The molecule has 0 spiro atoms. The fourth-order valence-corrected chi connectivity index (χ4v) is 3.61. The van der Waals surface area contributed by atoms with Gasteiger partial charge in [-0.1, -0.05) is 18.5 Å². The van der Waals surface area contributed by atoms with Gasteiger partial charge in [0.15, 0.2) is 0 Å². The van der Waals surface area contributed by atoms with E-state index in [1.807, 2.05) is 9.80 Å². The molecule has 0 saturated carbocycles. The number of imide groups is 1. The molecule has 2 saturated heterocycles. The maximum atomic E-state index is 12.4. The van der Waals surface area contributed by atoms with Gasteiger partial charge in [-0.15, -0.1) is 0 Å². The van der Waals surface area contributed by atoms with Gasteiger partial charge in [0.25, 0.3) is 17.5 Å². The number of anilines is 1. The van der Waals surface area contributed by atoms with Crippen molar-refractivity contribution in [1.29, 1.82) is 0 Å². The van der Waals surface area contributed by atoms with Gasteiger partial charge in [-0.3, -0.25) is 30.0 Å². The van der Waals surface area contributed by atoms with Gasteiger partial charge in [-0.05, 0) is 25.5 Å². The number of nitrogens with one attached hydrogen (secondary N) is 2. The van der Waals surface area contributed by atoms with Crippen LogP contribution < -0.4 is 15.6 Å². The zero-order chi connectivity index (χ0) is 22.1. The van der Waals surface area contributed by atoms with E-state index in [4.69, 9.17) is 11.6 Å². The molecule has 0 aliphatic carbocycles. The van der Waals surface area contributed by atoms with Gasteiger partial charge >= 0.3 is 6.03 Å². The Labute approximate surface area is 178 Å². The predicted octanol–water partition coefficient (Wildman–Crippen LogP) is 1.12. The van der Waals surface area contributed by atoms with Crippen LogP contribution in [-0.4, -0.2) is 70.9 Å². The fourth-order valence-electron chi connectivity index (χ4n) is 3.45. The number of halogens is 1. The highest BCUT2D eigenvalue weighted by Crippen LogP contribution is 2.31. The number of rotatable bonds is 6. The number of nitrogens with zero attached hydrogens (tertiary/aromatic N) is 4. The summed E-state index contributed by atoms with van der Waals surface area (Å²) in [5.41, 5.74) is 1.75. The van der Waals surface area contributed by atoms with Crippen molar-refractivity contribution < 1.29 is 19.3 Å². The van der Waals surface area contributed by atoms with Crippen LogP contribution in [0.5, 0.6) is 0 Å². The van der Waals surface area contributed by atoms with Crippen molar-refractivity contribution in [2.24, 2.45) is 0 Å². The Kier molecular flexibility index (Phi) is 6.13. The molecule has 4 amide bonds. The minimum Gasteiger partial charge on any atom is -0.363 e. The number of piperazine rings is 1. The Bertz CT molecular complexity index is 888. The lowest BCUT2D eigenvalue weighted by atomic mass is 10.00. The number of nitro benzene ring substituents is 1. The van der Waals surface area contributed by atoms with E-state index in [9.17, 15) is 24.5 Å². The Morgan fingerprint density at radius 1 is 1.30 bits per heavy atom. The van der Waals surface area contributed by atoms with Crippen molar-refractivity contribution in [1.82, 2.24) is 20.7 Å². The molecule has 162 valence electrons. The summed E-state index contributed by atoms with van der Waals surface area (Å²) in [6, 6.07) is 3.88. The minimum absolute atomic E-state index is 0.00352. The molecule has 1 aromatic carbocycles. The number of carbonyl (C=O) groups is 3. The molecule has 2 aliphatic rings. The number of amides is 4. The maximum Gasteiger partial charge on any atom is 0.344 e. The third kappa shape index (κ3) is 4.31. The lowest BCUT2D eigenvalue weighted by molar-refractivity contribution is -0.384. The van der Waals surface area contributed by atoms with Gasteiger partial charge < -0.3 is 10.2 Å². The quantitative estimate of drug-likeness (QED) is 0.387. The van der Waals surface area contributed by atoms with Crippen LogP contribution in [0, 0.1) is 10.1 Å². The van der Waals surface area contributed by atoms with E-state index in [1.165, 1.54) is 6.07 Å². The van der Waals surface area contributed by atoms with Gasteiger partial charge in [0, 0.05) is 37.3 Å². The van der Waals surface area contributed by atoms with Crippen LogP contribution in [0.3, 0.4) is 0 Å². The molecule has 3 rings (SSSR count). The minimum atomic E-state index is -1.02. The second-order valence-electron chi connectivity index (χ2n) is 7.44. The molecule has 12 heteroatoms. The van der Waals surface area contributed by atoms with E-state index >= 15 is 0 Å². The number of hydrogen-bond acceptors (Lipinski definition) is 7. The van der Waals surface area contributed by atoms with E-state index in [1.54, 1.807) is 26.0 Å². The summed E-state index contributed by atoms with van der Waals surface area (Å²) in [6.07, 6.45) is 0.405. The van der Waals surface area contributed by atoms with E-state index in [0.717, 1.165) is 5.01 Å². The average molecular weight is 439 g/mol. The molecule has 30 heavy (non-hydrogen) atoms. The molecular formula is C18H23ClN6O5. The third-order valence-corrected chi connectivity index (χ3v) is 5.65. The van der Waals surface area contributed by atoms with Gasteiger partial charge in [0.2, 0.25) is 0 Å². The van der Waals surface area contributed by atoms with Crippen LogP contribution in [0.25, 0.3) is 0 Å². The zero-order valence-corrected chi connectivity index (χ0v) is 17.4. The molecule has 0 radical (unpaired) electrons. The van der Waals surface area contributed by atoms with Crippen molar-refractivity contribution in [3.8, 4) is 0 Å². The number of carbonyl (C=O) groups excluding carboxylic acids is 3. The number of urea groups is 1. The summed E-state index contributed by atoms with van der Waals surface area (Å²) in [5, 5.41) is 14.9. The average Bonchev–Trinajstić information content (AvgIpc) is 2.92. The summed E-state index contributed by atoms with van der Waals surface area (Å²) in [5.74, 6) is -0.979. The van der Waals surface area contributed by atoms with Crippen LogP contribution in [0.15, 0.2) is 18.2 Å². The van der Waals surface area contributed by atoms with Crippen LogP contribution in [0.1, 0.15) is 20.3 Å². The second-order valence-corrected chi connectivity index (χ2v) is 7.88. The summed E-state index contributed by atoms with van der Waals surface area (Å²) in [4.78, 5) is 51.2. The monoisotopic (exact) mass is 438 g/mol. The standard InChI is InChI=1S/C18H23ClN6O5/c1-3-18(2)16(27)24(17(28)20-18)21-15(26)11-22-6-8-23(9-7-22)13-5-4-12(19)10-14(13)25(29)30/h4-5,10H,3,6-9,11H2,1-2H3,(H,20,28)(H,21,26). The van der Waals surface area contributed by atoms with Gasteiger partial charge in [-0.2, -0.15) is 5.01 Å². The Hall–Kier alpha value is -2.92. The first-order valence-corrected chi connectivity index (χ1v) is 9.90. The topological polar surface area (TPSA) is 128 Å². The van der Waals surface area contributed by atoms with E-state index < -0.39 is 28.3 Å². The van der Waals surface area contributed by atoms with Crippen LogP contribution >= 0.6 is 11.6 Å². The number of nitro groups is 1. The van der Waals surface area contributed by atoms with E-state index in [-0.39, 0.29) is 12.2 Å². The molecule has 2 aliphatic heterocycles. The van der Waals surface area contributed by atoms with Crippen LogP contribution in [0.4, 0.5) is 16.2 Å². The Balaban J connectivity index is 1.55. The number of hydrazine groups is 1. The predicted molar refractivity (Wildman–Crippen MR) is 109 cm³/mol. The molecule has 2 heterocycles. The Morgan fingerprint density at radius 2 is 1.97 bits per heavy atom. The van der Waals surface area contributed by atoms with Crippen molar-refractivity contribution >= 4 is 40.8 Å². The number of hydrogen-bond donors (Lipinski definition) is 2. The van der Waals surface area contributed by atoms with Crippen molar-refractivity contribution in [3.05, 3.63) is 33.3 Å². The highest BCUT2D eigenvalue weighted by atomic mass is 35.5. The molecule has 0 bridgehead atoms. The molecule has 0 aromatic heterocycles. The molecular weight excluding hydrogens is 416 g/mol. The molecule has 1 aromatic rings. The van der Waals surface area contributed by atoms with Crippen molar-refractivity contribution in [3.63, 3.8) is 0 Å². The lowest BCUT2D eigenvalue weighted by Gasteiger charge is -2.35. The first kappa shape index (κ1) is 21.8. The Morgan fingerprint density at radius 3 is 2.53 bits per heavy atom. The normalized spacial score (nSPS) is 22.2. The smallest absolute Gasteiger partial charge is 0.344 e. The zero-order valence-electron chi connectivity index (χ0n) is 16.7. The fraction of sp³-hybridized carbons (Fsp3) is 0.500. The highest BCUT2D eigenvalue weighted by molar-refractivity contribution is 6.30. The SMILES string of the molecule is CCC1(C)NC(=O)N(NC(=O)CN2CCN(c3ccc(Cl)cc3[N+](=O)[O-])CC2)C1=O. The first-order valence-electron chi connectivity index (χ1n) is 9.52. The van der Waals surface area contributed by atoms with E-state index in [2.05, 4.69) is 10.7 Å². The third-order valence-electron chi connectivity index (χ3n) is 5.42. The molecule has 2 fully saturated rings. The summed E-state index contributed by atoms with van der Waals surface area (Å²) < 4.78 is 0. The molecule has 1 unspecified atom stereocenters. The summed E-state index contributed by atoms with van der Waals surface area (Å²) in [7, 11) is 0. The molecule has 2 N–H and O–H groups in total. The van der Waals surface area contributed by atoms with Gasteiger partial charge in [0.05, 0.1) is 11.5 Å². The van der Waals surface area contributed by atoms with Crippen LogP contribution in [-0.2, 0) is 9.59 Å². The van der Waals surface area contributed by atoms with Gasteiger partial charge in [-0.25, -0.2) is 4.79 Å². The van der Waals surface area contributed by atoms with Crippen molar-refractivity contribution in [2.75, 3.05) is 37.6 Å². The lowest BCUT2D eigenvalue weighted by Crippen LogP contribution is -2.54. The summed E-state index contributed by atoms with van der Waals surface area (Å²) >= 11 is 5.87. The van der Waals surface area contributed by atoms with Crippen molar-refractivity contribution in [2.45, 2.75) is 25.8 Å². The van der Waals surface area contributed by atoms with Crippen LogP contribution in [0.2, 0.25) is 5.02 Å². The highest BCUT2D eigenvalue weighted by Gasteiger charge is 2.47. The molecule has 1 atom stereocenters. The largest absolute Gasteiger partial charge is 0.363 e. The molecule has 11 nitrogen and oxygen atoms in total. The maximum absolute atomic E-state index is 12.4. The van der Waals surface area contributed by atoms with Gasteiger partial charge in [0.1, 0.15) is 11.2 Å².